The number of hydrogen-bond acceptors (Lipinski definition) is 8. The minimum absolute atomic E-state index is 0.132. The Labute approximate surface area is 221 Å². The second-order valence-electron chi connectivity index (χ2n) is 8.87. The summed E-state index contributed by atoms with van der Waals surface area (Å²) in [6.07, 6.45) is -0.661. The Morgan fingerprint density at radius 1 is 1.18 bits per heavy atom. The van der Waals surface area contributed by atoms with Gasteiger partial charge in [0.25, 0.3) is 11.8 Å². The summed E-state index contributed by atoms with van der Waals surface area (Å²) in [5.74, 6) is -1.52. The minimum atomic E-state index is -4.98. The molecule has 1 atom stereocenters. The monoisotopic (exact) mass is 546 g/mol. The largest absolute Gasteiger partial charge is 0.573 e. The molecule has 13 heteroatoms. The molecule has 0 bridgehead atoms. The molecular formula is C25H25F3N6O3S. The maximum atomic E-state index is 13.1. The summed E-state index contributed by atoms with van der Waals surface area (Å²) in [7, 11) is 1.67. The van der Waals surface area contributed by atoms with Crippen LogP contribution in [0.1, 0.15) is 65.0 Å². The normalized spacial score (nSPS) is 12.4. The number of aromatic nitrogens is 3. The Hall–Kier alpha value is -4.05. The Morgan fingerprint density at radius 3 is 2.50 bits per heavy atom. The number of carbonyl (C=O) groups excluding carboxylic acids is 2. The van der Waals surface area contributed by atoms with Crippen molar-refractivity contribution < 1.29 is 27.5 Å². The van der Waals surface area contributed by atoms with Crippen molar-refractivity contribution in [3.63, 3.8) is 0 Å². The van der Waals surface area contributed by atoms with E-state index in [-0.39, 0.29) is 17.0 Å². The quantitative estimate of drug-likeness (QED) is 0.427. The molecule has 2 amide bonds. The van der Waals surface area contributed by atoms with Gasteiger partial charge in [-0.2, -0.15) is 5.26 Å². The number of halogens is 3. The smallest absolute Gasteiger partial charge is 0.406 e. The van der Waals surface area contributed by atoms with Crippen LogP contribution in [0.15, 0.2) is 36.8 Å². The zero-order chi connectivity index (χ0) is 28.3. The topological polar surface area (TPSA) is 121 Å². The third kappa shape index (κ3) is 6.63. The number of alkyl halides is 3. The number of benzene rings is 1. The number of rotatable bonds is 8. The molecule has 9 nitrogen and oxygen atoms in total. The SMILES string of the molecule is CCN(C)C(=O)c1cnc(-c2nccnc2[C@H](C)NC(=O)c2cc(OC(F)(F)F)cc(C(C)(C)C#N)c2)s1. The molecule has 0 aliphatic heterocycles. The molecule has 1 N–H and O–H groups in total. The van der Waals surface area contributed by atoms with Crippen molar-refractivity contribution in [2.24, 2.45) is 0 Å². The van der Waals surface area contributed by atoms with Gasteiger partial charge in [-0.3, -0.25) is 19.6 Å². The van der Waals surface area contributed by atoms with Gasteiger partial charge in [-0.05, 0) is 51.5 Å². The predicted molar refractivity (Wildman–Crippen MR) is 133 cm³/mol. The van der Waals surface area contributed by atoms with E-state index < -0.39 is 29.5 Å². The Balaban J connectivity index is 1.92. The van der Waals surface area contributed by atoms with Crippen LogP contribution in [0.3, 0.4) is 0 Å². The van der Waals surface area contributed by atoms with E-state index in [1.807, 2.05) is 13.0 Å². The highest BCUT2D eigenvalue weighted by Gasteiger charge is 2.33. The van der Waals surface area contributed by atoms with Crippen LogP contribution >= 0.6 is 11.3 Å². The summed E-state index contributed by atoms with van der Waals surface area (Å²) in [6, 6.07) is 4.64. The molecule has 0 saturated carbocycles. The highest BCUT2D eigenvalue weighted by molar-refractivity contribution is 7.16. The van der Waals surface area contributed by atoms with Crippen molar-refractivity contribution in [3.8, 4) is 22.5 Å². The van der Waals surface area contributed by atoms with Gasteiger partial charge in [0, 0.05) is 31.5 Å². The van der Waals surface area contributed by atoms with Crippen LogP contribution in [-0.2, 0) is 5.41 Å². The van der Waals surface area contributed by atoms with Crippen LogP contribution in [0.5, 0.6) is 5.75 Å². The summed E-state index contributed by atoms with van der Waals surface area (Å²) in [5, 5.41) is 12.6. The number of nitrogens with zero attached hydrogens (tertiary/aromatic N) is 5. The first kappa shape index (κ1) is 28.5. The van der Waals surface area contributed by atoms with E-state index >= 15 is 0 Å². The molecule has 2 aromatic heterocycles. The second kappa shape index (κ2) is 11.1. The molecule has 0 aliphatic carbocycles. The lowest BCUT2D eigenvalue weighted by atomic mass is 9.85. The van der Waals surface area contributed by atoms with Gasteiger partial charge in [0.05, 0.1) is 29.4 Å². The summed E-state index contributed by atoms with van der Waals surface area (Å²) >= 11 is 1.13. The van der Waals surface area contributed by atoms with Crippen LogP contribution in [0.2, 0.25) is 0 Å². The van der Waals surface area contributed by atoms with E-state index in [4.69, 9.17) is 0 Å². The van der Waals surface area contributed by atoms with Crippen LogP contribution in [-0.4, -0.2) is 51.6 Å². The maximum Gasteiger partial charge on any atom is 0.573 e. The molecule has 0 unspecified atom stereocenters. The molecule has 38 heavy (non-hydrogen) atoms. The molecule has 0 spiro atoms. The van der Waals surface area contributed by atoms with Gasteiger partial charge in [0.15, 0.2) is 0 Å². The van der Waals surface area contributed by atoms with E-state index in [0.29, 0.717) is 27.8 Å². The van der Waals surface area contributed by atoms with Crippen LogP contribution in [0, 0.1) is 11.3 Å². The van der Waals surface area contributed by atoms with Crippen molar-refractivity contribution >= 4 is 23.2 Å². The van der Waals surface area contributed by atoms with Crippen LogP contribution in [0.4, 0.5) is 13.2 Å². The second-order valence-corrected chi connectivity index (χ2v) is 9.90. The average Bonchev–Trinajstić information content (AvgIpc) is 3.36. The molecule has 200 valence electrons. The average molecular weight is 547 g/mol. The fourth-order valence-corrected chi connectivity index (χ4v) is 4.26. The maximum absolute atomic E-state index is 13.1. The van der Waals surface area contributed by atoms with Crippen molar-refractivity contribution in [3.05, 3.63) is 58.5 Å². The molecule has 3 rings (SSSR count). The number of nitrogens with one attached hydrogen (secondary N) is 1. The van der Waals surface area contributed by atoms with Gasteiger partial charge in [-0.1, -0.05) is 0 Å². The molecule has 1 aromatic carbocycles. The third-order valence-corrected chi connectivity index (χ3v) is 6.62. The van der Waals surface area contributed by atoms with Crippen LogP contribution in [0.25, 0.3) is 10.7 Å². The van der Waals surface area contributed by atoms with Crippen molar-refractivity contribution in [2.75, 3.05) is 13.6 Å². The third-order valence-electron chi connectivity index (χ3n) is 5.63. The number of hydrogen-bond donors (Lipinski definition) is 1. The van der Waals surface area contributed by atoms with E-state index in [1.54, 1.807) is 14.0 Å². The Bertz CT molecular complexity index is 1380. The summed E-state index contributed by atoms with van der Waals surface area (Å²) in [5.41, 5.74) is -0.443. The fraction of sp³-hybridized carbons (Fsp3) is 0.360. The van der Waals surface area contributed by atoms with Gasteiger partial charge in [0.2, 0.25) is 0 Å². The molecule has 0 fully saturated rings. The lowest BCUT2D eigenvalue weighted by Crippen LogP contribution is -2.28. The fourth-order valence-electron chi connectivity index (χ4n) is 3.34. The highest BCUT2D eigenvalue weighted by atomic mass is 32.1. The summed E-state index contributed by atoms with van der Waals surface area (Å²) in [6.45, 7) is 7.03. The first-order chi connectivity index (χ1) is 17.8. The first-order valence-corrected chi connectivity index (χ1v) is 12.2. The Kier molecular flexibility index (Phi) is 8.36. The lowest BCUT2D eigenvalue weighted by molar-refractivity contribution is -0.274. The molecule has 0 saturated heterocycles. The standard InChI is InChI=1S/C25H25F3N6O3S/c1-6-34(5)23(36)18-12-32-22(38-18)20-19(30-7-8-31-20)14(2)33-21(35)15-9-16(24(3,4)13-29)11-17(10-15)37-25(26,27)28/h7-12,14H,6H2,1-5H3,(H,33,35)/t14-/m0/s1. The molecule has 0 aliphatic rings. The van der Waals surface area contributed by atoms with Gasteiger partial charge >= 0.3 is 6.36 Å². The van der Waals surface area contributed by atoms with E-state index in [9.17, 15) is 28.0 Å². The van der Waals surface area contributed by atoms with Gasteiger partial charge in [-0.25, -0.2) is 4.98 Å². The van der Waals surface area contributed by atoms with E-state index in [0.717, 1.165) is 23.5 Å². The predicted octanol–water partition coefficient (Wildman–Crippen LogP) is 4.88. The molecule has 2 heterocycles. The number of nitriles is 1. The van der Waals surface area contributed by atoms with Crippen molar-refractivity contribution in [2.45, 2.75) is 45.5 Å². The van der Waals surface area contributed by atoms with Crippen LogP contribution < -0.4 is 10.1 Å². The summed E-state index contributed by atoms with van der Waals surface area (Å²) in [4.78, 5) is 40.5. The highest BCUT2D eigenvalue weighted by Crippen LogP contribution is 2.32. The van der Waals surface area contributed by atoms with Gasteiger partial charge in [0.1, 0.15) is 21.3 Å². The van der Waals surface area contributed by atoms with Crippen molar-refractivity contribution in [1.29, 1.82) is 5.26 Å². The zero-order valence-corrected chi connectivity index (χ0v) is 22.1. The van der Waals surface area contributed by atoms with Crippen molar-refractivity contribution in [1.82, 2.24) is 25.2 Å². The molecular weight excluding hydrogens is 521 g/mol. The Morgan fingerprint density at radius 2 is 1.87 bits per heavy atom. The first-order valence-electron chi connectivity index (χ1n) is 11.4. The van der Waals surface area contributed by atoms with E-state index in [1.165, 1.54) is 43.4 Å². The van der Waals surface area contributed by atoms with E-state index in [2.05, 4.69) is 25.0 Å². The van der Waals surface area contributed by atoms with Gasteiger partial charge < -0.3 is 15.0 Å². The number of amides is 2. The minimum Gasteiger partial charge on any atom is -0.406 e. The molecule has 3 aromatic rings. The molecule has 0 radical (unpaired) electrons. The summed E-state index contributed by atoms with van der Waals surface area (Å²) < 4.78 is 42.8. The van der Waals surface area contributed by atoms with Gasteiger partial charge in [-0.15, -0.1) is 24.5 Å². The number of carbonyl (C=O) groups is 2. The number of thiazole rings is 1. The number of ether oxygens (including phenoxy) is 1. The zero-order valence-electron chi connectivity index (χ0n) is 21.3. The lowest BCUT2D eigenvalue weighted by Gasteiger charge is -2.20.